The molecule has 0 aromatic carbocycles. The molecule has 4 aromatic heterocycles. The van der Waals surface area contributed by atoms with Crippen molar-refractivity contribution in [1.82, 2.24) is 29.5 Å². The molecule has 12 heteroatoms. The summed E-state index contributed by atoms with van der Waals surface area (Å²) in [5.41, 5.74) is 1.87. The number of rotatable bonds is 9. The molecule has 0 aliphatic rings. The molecule has 0 unspecified atom stereocenters. The Morgan fingerprint density at radius 2 is 1.89 bits per heavy atom. The highest BCUT2D eigenvalue weighted by molar-refractivity contribution is 5.81. The smallest absolute Gasteiger partial charge is 0.388 e. The number of alkyl halides is 2. The number of amides is 1. The zero-order valence-electron chi connectivity index (χ0n) is 22.0. The quantitative estimate of drug-likeness (QED) is 0.337. The molecule has 0 bridgehead atoms. The van der Waals surface area contributed by atoms with E-state index < -0.39 is 12.0 Å². The van der Waals surface area contributed by atoms with E-state index in [0.717, 1.165) is 11.2 Å². The molecule has 0 radical (unpaired) electrons. The Hall–Kier alpha value is -4.35. The van der Waals surface area contributed by atoms with Crippen molar-refractivity contribution in [1.29, 1.82) is 0 Å². The van der Waals surface area contributed by atoms with E-state index in [1.54, 1.807) is 44.7 Å². The van der Waals surface area contributed by atoms with Crippen LogP contribution in [-0.4, -0.2) is 62.7 Å². The lowest BCUT2D eigenvalue weighted by molar-refractivity contribution is -0.139. The first-order valence-corrected chi connectivity index (χ1v) is 11.8. The van der Waals surface area contributed by atoms with Gasteiger partial charge in [-0.3, -0.25) is 4.79 Å². The van der Waals surface area contributed by atoms with Crippen LogP contribution in [0.15, 0.2) is 42.7 Å². The maximum Gasteiger partial charge on any atom is 0.388 e. The highest BCUT2D eigenvalue weighted by atomic mass is 19.3. The van der Waals surface area contributed by atoms with Gasteiger partial charge in [0.1, 0.15) is 24.0 Å². The third-order valence-electron chi connectivity index (χ3n) is 5.62. The second-order valence-electron chi connectivity index (χ2n) is 9.65. The Balaban J connectivity index is 1.67. The van der Waals surface area contributed by atoms with Crippen molar-refractivity contribution in [3.8, 4) is 22.8 Å². The molecule has 4 rings (SSSR count). The van der Waals surface area contributed by atoms with Gasteiger partial charge in [0.25, 0.3) is 0 Å². The van der Waals surface area contributed by atoms with Gasteiger partial charge in [0.15, 0.2) is 5.82 Å². The van der Waals surface area contributed by atoms with E-state index in [1.807, 2.05) is 32.0 Å². The van der Waals surface area contributed by atoms with E-state index in [0.29, 0.717) is 34.3 Å². The maximum absolute atomic E-state index is 12.9. The predicted octanol–water partition coefficient (Wildman–Crippen LogP) is 4.64. The third kappa shape index (κ3) is 6.13. The fraction of sp³-hybridized carbons (Fsp3) is 0.346. The van der Waals surface area contributed by atoms with Crippen LogP contribution in [0.1, 0.15) is 25.4 Å². The third-order valence-corrected chi connectivity index (χ3v) is 5.62. The van der Waals surface area contributed by atoms with Gasteiger partial charge in [0.05, 0.1) is 17.1 Å². The van der Waals surface area contributed by atoms with E-state index in [1.165, 1.54) is 17.2 Å². The Labute approximate surface area is 218 Å². The SMILES string of the molecule is Cc1cc(Nc2cc3cc(-c4cc(OC(F)F)ncc4OCC(C)(C)C(=O)N(C)C)ccn3n2)nc(C)n1. The lowest BCUT2D eigenvalue weighted by atomic mass is 9.93. The molecule has 38 heavy (non-hydrogen) atoms. The average molecular weight is 526 g/mol. The summed E-state index contributed by atoms with van der Waals surface area (Å²) in [6, 6.07) is 8.63. The largest absolute Gasteiger partial charge is 0.490 e. The van der Waals surface area contributed by atoms with E-state index in [9.17, 15) is 13.6 Å². The summed E-state index contributed by atoms with van der Waals surface area (Å²) in [5.74, 6) is 1.78. The number of ether oxygens (including phenoxy) is 2. The number of aromatic nitrogens is 5. The van der Waals surface area contributed by atoms with Gasteiger partial charge in [-0.25, -0.2) is 19.5 Å². The fourth-order valence-corrected chi connectivity index (χ4v) is 3.98. The van der Waals surface area contributed by atoms with Gasteiger partial charge >= 0.3 is 6.61 Å². The molecule has 0 aliphatic heterocycles. The molecular formula is C26H29F2N7O3. The number of aryl methyl sites for hydroxylation is 2. The molecule has 0 spiro atoms. The Morgan fingerprint density at radius 3 is 2.58 bits per heavy atom. The van der Waals surface area contributed by atoms with Crippen LogP contribution in [0.4, 0.5) is 20.4 Å². The summed E-state index contributed by atoms with van der Waals surface area (Å²) >= 11 is 0. The number of halogens is 2. The van der Waals surface area contributed by atoms with Gasteiger partial charge in [-0.1, -0.05) is 0 Å². The van der Waals surface area contributed by atoms with Crippen LogP contribution in [0.2, 0.25) is 0 Å². The minimum Gasteiger partial charge on any atom is -0.490 e. The van der Waals surface area contributed by atoms with Gasteiger partial charge in [0.2, 0.25) is 11.8 Å². The van der Waals surface area contributed by atoms with Crippen molar-refractivity contribution >= 4 is 23.1 Å². The zero-order chi connectivity index (χ0) is 27.6. The standard InChI is InChI=1S/C26H29F2N7O3/c1-15-9-21(31-16(2)30-15)32-22-11-18-10-17(7-8-35(18)33-22)19-12-23(38-25(27)28)29-13-20(19)37-14-26(3,4)24(36)34(5)6/h7-13,25H,14H2,1-6H3,(H,30,31,32,33). The van der Waals surface area contributed by atoms with Crippen LogP contribution < -0.4 is 14.8 Å². The number of carbonyl (C=O) groups is 1. The number of nitrogens with zero attached hydrogens (tertiary/aromatic N) is 6. The zero-order valence-corrected chi connectivity index (χ0v) is 22.0. The molecule has 200 valence electrons. The van der Waals surface area contributed by atoms with E-state index in [-0.39, 0.29) is 18.4 Å². The molecule has 10 nitrogen and oxygen atoms in total. The van der Waals surface area contributed by atoms with Crippen LogP contribution in [0.25, 0.3) is 16.6 Å². The first-order chi connectivity index (χ1) is 17.9. The van der Waals surface area contributed by atoms with Gasteiger partial charge < -0.3 is 19.7 Å². The van der Waals surface area contributed by atoms with Crippen LogP contribution in [0.5, 0.6) is 11.6 Å². The monoisotopic (exact) mass is 525 g/mol. The molecule has 0 saturated carbocycles. The Kier molecular flexibility index (Phi) is 7.42. The van der Waals surface area contributed by atoms with Gasteiger partial charge in [-0.05, 0) is 45.4 Å². The number of carbonyl (C=O) groups excluding carboxylic acids is 1. The van der Waals surface area contributed by atoms with E-state index >= 15 is 0 Å². The van der Waals surface area contributed by atoms with Crippen LogP contribution >= 0.6 is 0 Å². The number of nitrogens with one attached hydrogen (secondary N) is 1. The van der Waals surface area contributed by atoms with E-state index in [4.69, 9.17) is 4.74 Å². The summed E-state index contributed by atoms with van der Waals surface area (Å²) in [4.78, 5) is 26.6. The summed E-state index contributed by atoms with van der Waals surface area (Å²) in [6.45, 7) is 4.25. The molecular weight excluding hydrogens is 496 g/mol. The van der Waals surface area contributed by atoms with Crippen molar-refractivity contribution < 1.29 is 23.0 Å². The highest BCUT2D eigenvalue weighted by Gasteiger charge is 2.30. The second-order valence-corrected chi connectivity index (χ2v) is 9.65. The predicted molar refractivity (Wildman–Crippen MR) is 138 cm³/mol. The van der Waals surface area contributed by atoms with Crippen molar-refractivity contribution in [2.45, 2.75) is 34.3 Å². The van der Waals surface area contributed by atoms with Crippen molar-refractivity contribution in [2.24, 2.45) is 5.41 Å². The minimum atomic E-state index is -3.03. The van der Waals surface area contributed by atoms with E-state index in [2.05, 4.69) is 30.1 Å². The van der Waals surface area contributed by atoms with Crippen molar-refractivity contribution in [2.75, 3.05) is 26.0 Å². The van der Waals surface area contributed by atoms with Gasteiger partial charge in [0, 0.05) is 49.7 Å². The summed E-state index contributed by atoms with van der Waals surface area (Å²) in [5, 5.41) is 7.70. The number of anilines is 2. The maximum atomic E-state index is 12.9. The topological polar surface area (TPSA) is 107 Å². The van der Waals surface area contributed by atoms with Crippen LogP contribution in [0.3, 0.4) is 0 Å². The van der Waals surface area contributed by atoms with Gasteiger partial charge in [-0.15, -0.1) is 0 Å². The molecule has 0 aliphatic carbocycles. The summed E-state index contributed by atoms with van der Waals surface area (Å²) in [7, 11) is 3.34. The molecule has 0 fully saturated rings. The summed E-state index contributed by atoms with van der Waals surface area (Å²) < 4.78 is 38.0. The second kappa shape index (κ2) is 10.6. The number of hydrogen-bond acceptors (Lipinski definition) is 8. The van der Waals surface area contributed by atoms with Crippen LogP contribution in [0, 0.1) is 19.3 Å². The summed E-state index contributed by atoms with van der Waals surface area (Å²) in [6.07, 6.45) is 3.06. The number of fused-ring (bicyclic) bond motifs is 1. The minimum absolute atomic E-state index is 0.0501. The molecule has 4 aromatic rings. The van der Waals surface area contributed by atoms with Crippen molar-refractivity contribution in [3.05, 3.63) is 54.2 Å². The molecule has 1 amide bonds. The number of hydrogen-bond donors (Lipinski definition) is 1. The molecule has 0 saturated heterocycles. The highest BCUT2D eigenvalue weighted by Crippen LogP contribution is 2.35. The van der Waals surface area contributed by atoms with Crippen LogP contribution in [-0.2, 0) is 4.79 Å². The van der Waals surface area contributed by atoms with Crippen molar-refractivity contribution in [3.63, 3.8) is 0 Å². The Morgan fingerprint density at radius 1 is 1.13 bits per heavy atom. The lowest BCUT2D eigenvalue weighted by Crippen LogP contribution is -2.40. The Bertz CT molecular complexity index is 1450. The number of pyridine rings is 2. The fourth-order valence-electron chi connectivity index (χ4n) is 3.98. The molecule has 1 N–H and O–H groups in total. The lowest BCUT2D eigenvalue weighted by Gasteiger charge is -2.27. The molecule has 4 heterocycles. The van der Waals surface area contributed by atoms with Gasteiger partial charge in [-0.2, -0.15) is 13.9 Å². The first-order valence-electron chi connectivity index (χ1n) is 11.8. The molecule has 0 atom stereocenters. The first kappa shape index (κ1) is 26.7. The normalized spacial score (nSPS) is 11.6. The average Bonchev–Trinajstić information content (AvgIpc) is 3.23.